The Balaban J connectivity index is 2.15. The van der Waals surface area contributed by atoms with Crippen molar-refractivity contribution in [1.29, 1.82) is 0 Å². The number of aryl methyl sites for hydroxylation is 2. The summed E-state index contributed by atoms with van der Waals surface area (Å²) in [5, 5.41) is 9.77. The van der Waals surface area contributed by atoms with Crippen LogP contribution in [0.3, 0.4) is 0 Å². The Labute approximate surface area is 135 Å². The molecule has 0 fully saturated rings. The van der Waals surface area contributed by atoms with Crippen LogP contribution < -0.4 is 0 Å². The van der Waals surface area contributed by atoms with Crippen molar-refractivity contribution >= 4 is 17.2 Å². The van der Waals surface area contributed by atoms with Crippen molar-refractivity contribution in [3.8, 4) is 11.4 Å². The molecule has 0 atom stereocenters. The summed E-state index contributed by atoms with van der Waals surface area (Å²) >= 11 is 6.49. The van der Waals surface area contributed by atoms with Gasteiger partial charge in [0.25, 0.3) is 0 Å². The van der Waals surface area contributed by atoms with Gasteiger partial charge in [0.2, 0.25) is 0 Å². The van der Waals surface area contributed by atoms with Crippen LogP contribution in [0.1, 0.15) is 44.5 Å². The van der Waals surface area contributed by atoms with E-state index >= 15 is 0 Å². The zero-order valence-electron chi connectivity index (χ0n) is 13.7. The van der Waals surface area contributed by atoms with E-state index in [1.54, 1.807) is 4.63 Å². The standard InChI is InChI=1S/C17H21ClN4/c1-6-11-8-7-10(2)12(9-11)15-19-16-13(18)14(17(3,4)5)20-22(16)21-15/h7-9H,6H2,1-5H3,(H,19,21). The van der Waals surface area contributed by atoms with Gasteiger partial charge in [0.15, 0.2) is 11.5 Å². The molecular weight excluding hydrogens is 296 g/mol. The van der Waals surface area contributed by atoms with Crippen molar-refractivity contribution in [3.63, 3.8) is 0 Å². The van der Waals surface area contributed by atoms with Gasteiger partial charge in [-0.25, -0.2) is 0 Å². The molecule has 3 rings (SSSR count). The molecule has 22 heavy (non-hydrogen) atoms. The third-order valence-electron chi connectivity index (χ3n) is 3.92. The molecule has 0 saturated carbocycles. The molecule has 0 unspecified atom stereocenters. The molecule has 2 aromatic heterocycles. The number of fused-ring (bicyclic) bond motifs is 1. The minimum Gasteiger partial charge on any atom is -0.320 e. The maximum absolute atomic E-state index is 6.49. The van der Waals surface area contributed by atoms with Crippen molar-refractivity contribution in [2.75, 3.05) is 0 Å². The van der Waals surface area contributed by atoms with Crippen LogP contribution in [0, 0.1) is 6.92 Å². The second-order valence-corrected chi connectivity index (χ2v) is 7.11. The Bertz CT molecular complexity index is 836. The second kappa shape index (κ2) is 5.13. The van der Waals surface area contributed by atoms with Gasteiger partial charge in [-0.05, 0) is 30.5 Å². The van der Waals surface area contributed by atoms with Gasteiger partial charge >= 0.3 is 0 Å². The van der Waals surface area contributed by atoms with Gasteiger partial charge in [-0.2, -0.15) is 5.10 Å². The van der Waals surface area contributed by atoms with Crippen LogP contribution >= 0.6 is 11.6 Å². The first kappa shape index (κ1) is 15.1. The molecule has 0 spiro atoms. The monoisotopic (exact) mass is 316 g/mol. The van der Waals surface area contributed by atoms with Crippen LogP contribution in [0.25, 0.3) is 17.0 Å². The number of benzene rings is 1. The summed E-state index contributed by atoms with van der Waals surface area (Å²) in [5.41, 5.74) is 5.07. The van der Waals surface area contributed by atoms with Crippen molar-refractivity contribution in [1.82, 2.24) is 19.8 Å². The largest absolute Gasteiger partial charge is 0.320 e. The van der Waals surface area contributed by atoms with Crippen molar-refractivity contribution in [2.24, 2.45) is 0 Å². The maximum atomic E-state index is 6.49. The summed E-state index contributed by atoms with van der Waals surface area (Å²) in [4.78, 5) is 3.32. The fourth-order valence-electron chi connectivity index (χ4n) is 2.54. The van der Waals surface area contributed by atoms with Gasteiger partial charge in [0, 0.05) is 11.0 Å². The number of nitrogens with zero attached hydrogens (tertiary/aromatic N) is 3. The number of hydrogen-bond acceptors (Lipinski definition) is 2. The number of nitrogens with one attached hydrogen (secondary N) is 1. The van der Waals surface area contributed by atoms with Crippen molar-refractivity contribution in [2.45, 2.75) is 46.5 Å². The molecule has 0 radical (unpaired) electrons. The van der Waals surface area contributed by atoms with Crippen LogP contribution in [0.15, 0.2) is 18.2 Å². The quantitative estimate of drug-likeness (QED) is 0.754. The molecule has 4 nitrogen and oxygen atoms in total. The molecule has 0 amide bonds. The predicted octanol–water partition coefficient (Wildman–Crippen LogP) is 4.55. The zero-order valence-corrected chi connectivity index (χ0v) is 14.4. The summed E-state index contributed by atoms with van der Waals surface area (Å²) in [5.74, 6) is 0.803. The number of hydrogen-bond donors (Lipinski definition) is 1. The first-order valence-corrected chi connectivity index (χ1v) is 7.94. The zero-order chi connectivity index (χ0) is 16.1. The summed E-state index contributed by atoms with van der Waals surface area (Å²) in [6.45, 7) is 10.5. The number of rotatable bonds is 2. The molecule has 0 bridgehead atoms. The number of H-pyrrole nitrogens is 1. The topological polar surface area (TPSA) is 46.0 Å². The Morgan fingerprint density at radius 3 is 2.55 bits per heavy atom. The van der Waals surface area contributed by atoms with Crippen molar-refractivity contribution in [3.05, 3.63) is 40.0 Å². The highest BCUT2D eigenvalue weighted by Gasteiger charge is 2.25. The van der Waals surface area contributed by atoms with E-state index in [2.05, 4.69) is 68.0 Å². The van der Waals surface area contributed by atoms with Crippen LogP contribution in [0.4, 0.5) is 0 Å². The van der Waals surface area contributed by atoms with E-state index in [0.29, 0.717) is 5.02 Å². The molecule has 3 aromatic rings. The highest BCUT2D eigenvalue weighted by molar-refractivity contribution is 6.34. The number of halogens is 1. The average Bonchev–Trinajstić information content (AvgIpc) is 2.99. The second-order valence-electron chi connectivity index (χ2n) is 6.73. The van der Waals surface area contributed by atoms with E-state index in [1.807, 2.05) is 0 Å². The maximum Gasteiger partial charge on any atom is 0.175 e. The first-order valence-electron chi connectivity index (χ1n) is 7.56. The molecule has 2 heterocycles. The number of aromatic nitrogens is 4. The summed E-state index contributed by atoms with van der Waals surface area (Å²) in [6.07, 6.45) is 1.00. The van der Waals surface area contributed by atoms with E-state index in [4.69, 9.17) is 11.6 Å². The molecule has 1 N–H and O–H groups in total. The van der Waals surface area contributed by atoms with Crippen LogP contribution in [-0.4, -0.2) is 19.8 Å². The lowest BCUT2D eigenvalue weighted by molar-refractivity contribution is 0.557. The summed E-state index contributed by atoms with van der Waals surface area (Å²) < 4.78 is 1.61. The minimum atomic E-state index is -0.107. The SMILES string of the molecule is CCc1ccc(C)c(-c2nn3nc(C(C)(C)C)c(Cl)c3[nH]2)c1. The van der Waals surface area contributed by atoms with Gasteiger partial charge in [0.1, 0.15) is 5.02 Å². The van der Waals surface area contributed by atoms with Gasteiger partial charge in [0.05, 0.1) is 5.69 Å². The third kappa shape index (κ3) is 2.41. The van der Waals surface area contributed by atoms with E-state index < -0.39 is 0 Å². The lowest BCUT2D eigenvalue weighted by atomic mass is 9.92. The minimum absolute atomic E-state index is 0.107. The Hall–Kier alpha value is -1.81. The molecule has 5 heteroatoms. The molecule has 0 saturated heterocycles. The van der Waals surface area contributed by atoms with Gasteiger partial charge < -0.3 is 4.98 Å². The fourth-order valence-corrected chi connectivity index (χ4v) is 2.99. The Morgan fingerprint density at radius 1 is 1.23 bits per heavy atom. The van der Waals surface area contributed by atoms with Crippen LogP contribution in [0.5, 0.6) is 0 Å². The summed E-state index contributed by atoms with van der Waals surface area (Å²) in [6, 6.07) is 6.45. The van der Waals surface area contributed by atoms with E-state index in [0.717, 1.165) is 29.1 Å². The highest BCUT2D eigenvalue weighted by Crippen LogP contribution is 2.32. The first-order chi connectivity index (χ1) is 10.3. The summed E-state index contributed by atoms with van der Waals surface area (Å²) in [7, 11) is 0. The lowest BCUT2D eigenvalue weighted by Gasteiger charge is -2.14. The molecular formula is C17H21ClN4. The van der Waals surface area contributed by atoms with E-state index in [1.165, 1.54) is 11.1 Å². The van der Waals surface area contributed by atoms with Gasteiger partial charge in [-0.1, -0.05) is 51.4 Å². The molecule has 0 aliphatic carbocycles. The lowest BCUT2D eigenvalue weighted by Crippen LogP contribution is -2.13. The van der Waals surface area contributed by atoms with Crippen LogP contribution in [0.2, 0.25) is 5.02 Å². The van der Waals surface area contributed by atoms with Gasteiger partial charge in [-0.15, -0.1) is 9.73 Å². The average molecular weight is 317 g/mol. The van der Waals surface area contributed by atoms with Crippen molar-refractivity contribution < 1.29 is 0 Å². The van der Waals surface area contributed by atoms with E-state index in [-0.39, 0.29) is 5.41 Å². The van der Waals surface area contributed by atoms with Gasteiger partial charge in [-0.3, -0.25) is 0 Å². The normalized spacial score (nSPS) is 12.3. The predicted molar refractivity (Wildman–Crippen MR) is 90.6 cm³/mol. The molecule has 1 aromatic carbocycles. The highest BCUT2D eigenvalue weighted by atomic mass is 35.5. The molecule has 116 valence electrons. The third-order valence-corrected chi connectivity index (χ3v) is 4.28. The number of aromatic amines is 1. The van der Waals surface area contributed by atoms with Crippen LogP contribution in [-0.2, 0) is 11.8 Å². The Morgan fingerprint density at radius 2 is 1.95 bits per heavy atom. The molecule has 0 aliphatic rings. The van der Waals surface area contributed by atoms with E-state index in [9.17, 15) is 0 Å². The Kier molecular flexibility index (Phi) is 3.52. The molecule has 0 aliphatic heterocycles. The smallest absolute Gasteiger partial charge is 0.175 e. The fraction of sp³-hybridized carbons (Fsp3) is 0.412.